The van der Waals surface area contributed by atoms with Crippen LogP contribution < -0.4 is 0 Å². The van der Waals surface area contributed by atoms with Crippen LogP contribution in [0.1, 0.15) is 85.5 Å². The van der Waals surface area contributed by atoms with Crippen molar-refractivity contribution in [3.8, 4) is 0 Å². The van der Waals surface area contributed by atoms with E-state index in [1.54, 1.807) is 0 Å². The summed E-state index contributed by atoms with van der Waals surface area (Å²) in [5.41, 5.74) is 0.558. The Labute approximate surface area is 183 Å². The van der Waals surface area contributed by atoms with Crippen molar-refractivity contribution < 1.29 is 19.7 Å². The molecule has 0 spiro atoms. The Bertz CT molecular complexity index is 649. The normalized spacial score (nSPS) is 50.0. The van der Waals surface area contributed by atoms with E-state index >= 15 is 0 Å². The van der Waals surface area contributed by atoms with Gasteiger partial charge in [0.15, 0.2) is 0 Å². The highest BCUT2D eigenvalue weighted by Gasteiger charge is 2.62. The maximum atomic E-state index is 12.0. The summed E-state index contributed by atoms with van der Waals surface area (Å²) in [5, 5.41) is 21.6. The van der Waals surface area contributed by atoms with Crippen molar-refractivity contribution in [2.75, 3.05) is 7.11 Å². The molecule has 4 heteroatoms. The summed E-state index contributed by atoms with van der Waals surface area (Å²) in [4.78, 5) is 12.0. The number of esters is 1. The summed E-state index contributed by atoms with van der Waals surface area (Å²) >= 11 is 0. The van der Waals surface area contributed by atoms with Crippen LogP contribution in [0, 0.1) is 52.3 Å². The first-order valence-corrected chi connectivity index (χ1v) is 12.6. The van der Waals surface area contributed by atoms with Crippen LogP contribution in [0.4, 0.5) is 0 Å². The summed E-state index contributed by atoms with van der Waals surface area (Å²) < 4.78 is 4.97. The van der Waals surface area contributed by atoms with E-state index in [-0.39, 0.29) is 34.9 Å². The van der Waals surface area contributed by atoms with Crippen LogP contribution in [0.15, 0.2) is 0 Å². The number of rotatable bonds is 4. The first kappa shape index (κ1) is 22.6. The quantitative estimate of drug-likeness (QED) is 0.640. The molecular weight excluding hydrogens is 376 g/mol. The third kappa shape index (κ3) is 3.45. The molecule has 4 fully saturated rings. The molecule has 0 aromatic rings. The van der Waals surface area contributed by atoms with Crippen LogP contribution in [0.3, 0.4) is 0 Å². The van der Waals surface area contributed by atoms with E-state index in [4.69, 9.17) is 4.74 Å². The summed E-state index contributed by atoms with van der Waals surface area (Å²) in [6, 6.07) is 0. The van der Waals surface area contributed by atoms with Gasteiger partial charge < -0.3 is 14.9 Å². The van der Waals surface area contributed by atoms with Crippen LogP contribution >= 0.6 is 0 Å². The molecule has 2 N–H and O–H groups in total. The molecule has 172 valence electrons. The third-order valence-corrected chi connectivity index (χ3v) is 10.7. The van der Waals surface area contributed by atoms with Gasteiger partial charge in [-0.2, -0.15) is 0 Å². The Morgan fingerprint density at radius 1 is 1.00 bits per heavy atom. The largest absolute Gasteiger partial charge is 0.469 e. The number of methoxy groups -OCH3 is 1. The average molecular weight is 421 g/mol. The van der Waals surface area contributed by atoms with Crippen LogP contribution in [0.25, 0.3) is 0 Å². The van der Waals surface area contributed by atoms with Crippen molar-refractivity contribution in [2.45, 2.75) is 97.7 Å². The topological polar surface area (TPSA) is 66.8 Å². The van der Waals surface area contributed by atoms with E-state index in [0.717, 1.165) is 32.1 Å². The van der Waals surface area contributed by atoms with Gasteiger partial charge in [-0.3, -0.25) is 4.79 Å². The predicted octanol–water partition coefficient (Wildman–Crippen LogP) is 4.81. The predicted molar refractivity (Wildman–Crippen MR) is 118 cm³/mol. The highest BCUT2D eigenvalue weighted by atomic mass is 16.5. The molecule has 0 aromatic heterocycles. The SMILES string of the molecule is COC(=O)C(C)C[C@@H](C)C1CCC2C3C(CC[C@@]21C)[C@@]1(C)CC[C@@H](O)CC1C[C@H]3O. The second-order valence-electron chi connectivity index (χ2n) is 12.1. The summed E-state index contributed by atoms with van der Waals surface area (Å²) in [6.45, 7) is 9.30. The van der Waals surface area contributed by atoms with Crippen LogP contribution in [-0.4, -0.2) is 35.5 Å². The minimum atomic E-state index is -0.217. The molecule has 0 bridgehead atoms. The molecule has 0 aliphatic heterocycles. The number of carbonyl (C=O) groups is 1. The smallest absolute Gasteiger partial charge is 0.308 e. The van der Waals surface area contributed by atoms with Gasteiger partial charge in [-0.15, -0.1) is 0 Å². The number of carbonyl (C=O) groups excluding carboxylic acids is 1. The molecule has 30 heavy (non-hydrogen) atoms. The first-order chi connectivity index (χ1) is 14.1. The van der Waals surface area contributed by atoms with Crippen molar-refractivity contribution in [3.63, 3.8) is 0 Å². The van der Waals surface area contributed by atoms with Gasteiger partial charge in [-0.05, 0) is 104 Å². The molecule has 6 unspecified atom stereocenters. The molecule has 0 amide bonds. The maximum absolute atomic E-state index is 12.0. The molecule has 11 atom stereocenters. The van der Waals surface area contributed by atoms with Crippen molar-refractivity contribution in [2.24, 2.45) is 52.3 Å². The second-order valence-corrected chi connectivity index (χ2v) is 12.1. The van der Waals surface area contributed by atoms with Gasteiger partial charge in [0.05, 0.1) is 25.2 Å². The van der Waals surface area contributed by atoms with E-state index in [2.05, 4.69) is 20.8 Å². The van der Waals surface area contributed by atoms with Gasteiger partial charge in [0.1, 0.15) is 0 Å². The molecule has 0 aromatic carbocycles. The van der Waals surface area contributed by atoms with Crippen molar-refractivity contribution in [1.29, 1.82) is 0 Å². The number of hydrogen-bond acceptors (Lipinski definition) is 4. The number of fused-ring (bicyclic) bond motifs is 5. The minimum absolute atomic E-state index is 0.0439. The van der Waals surface area contributed by atoms with Gasteiger partial charge in [-0.25, -0.2) is 0 Å². The molecule has 0 saturated heterocycles. The first-order valence-electron chi connectivity index (χ1n) is 12.6. The van der Waals surface area contributed by atoms with Crippen molar-refractivity contribution >= 4 is 5.97 Å². The molecule has 4 aliphatic carbocycles. The van der Waals surface area contributed by atoms with Crippen molar-refractivity contribution in [3.05, 3.63) is 0 Å². The van der Waals surface area contributed by atoms with Crippen LogP contribution in [0.5, 0.6) is 0 Å². The summed E-state index contributed by atoms with van der Waals surface area (Å²) in [6.07, 6.45) is 9.22. The Hall–Kier alpha value is -0.610. The monoisotopic (exact) mass is 420 g/mol. The lowest BCUT2D eigenvalue weighted by Crippen LogP contribution is -2.58. The Morgan fingerprint density at radius 2 is 1.67 bits per heavy atom. The molecule has 4 nitrogen and oxygen atoms in total. The number of ether oxygens (including phenoxy) is 1. The van der Waals surface area contributed by atoms with Gasteiger partial charge >= 0.3 is 5.97 Å². The zero-order chi connectivity index (χ0) is 21.8. The van der Waals surface area contributed by atoms with Gasteiger partial charge in [0, 0.05) is 0 Å². The minimum Gasteiger partial charge on any atom is -0.469 e. The fraction of sp³-hybridized carbons (Fsp3) is 0.962. The van der Waals surface area contributed by atoms with Crippen molar-refractivity contribution in [1.82, 2.24) is 0 Å². The van der Waals surface area contributed by atoms with E-state index in [9.17, 15) is 15.0 Å². The standard InChI is InChI=1S/C26H44O4/c1-15(12-16(2)24(29)30-5)19-6-7-20-23-21(9-11-26(19,20)4)25(3)10-8-18(27)13-17(25)14-22(23)28/h15-23,27-28H,6-14H2,1-5H3/t15-,16?,17?,18-,19?,20?,21?,22-,23?,25+,26-/m1/s1. The highest BCUT2D eigenvalue weighted by molar-refractivity contribution is 5.71. The maximum Gasteiger partial charge on any atom is 0.308 e. The molecular formula is C26H44O4. The molecule has 4 rings (SSSR count). The second kappa shape index (κ2) is 8.06. The van der Waals surface area contributed by atoms with E-state index in [1.165, 1.54) is 32.8 Å². The number of aliphatic hydroxyl groups is 2. The number of hydrogen-bond donors (Lipinski definition) is 2. The summed E-state index contributed by atoms with van der Waals surface area (Å²) in [5.74, 6) is 3.07. The fourth-order valence-corrected chi connectivity index (χ4v) is 9.19. The van der Waals surface area contributed by atoms with E-state index < -0.39 is 0 Å². The highest BCUT2D eigenvalue weighted by Crippen LogP contribution is 2.68. The van der Waals surface area contributed by atoms with Gasteiger partial charge in [0.25, 0.3) is 0 Å². The van der Waals surface area contributed by atoms with E-state index in [1.807, 2.05) is 6.92 Å². The average Bonchev–Trinajstić information content (AvgIpc) is 3.05. The molecule has 4 saturated carbocycles. The lowest BCUT2D eigenvalue weighted by molar-refractivity contribution is -0.174. The van der Waals surface area contributed by atoms with Gasteiger partial charge in [-0.1, -0.05) is 27.7 Å². The Morgan fingerprint density at radius 3 is 2.37 bits per heavy atom. The zero-order valence-electron chi connectivity index (χ0n) is 19.8. The Kier molecular flexibility index (Phi) is 6.07. The third-order valence-electron chi connectivity index (χ3n) is 10.7. The van der Waals surface area contributed by atoms with Crippen LogP contribution in [-0.2, 0) is 9.53 Å². The molecule has 0 radical (unpaired) electrons. The Balaban J connectivity index is 1.53. The van der Waals surface area contributed by atoms with Crippen LogP contribution in [0.2, 0.25) is 0 Å². The zero-order valence-corrected chi connectivity index (χ0v) is 19.8. The molecule has 0 heterocycles. The fourth-order valence-electron chi connectivity index (χ4n) is 9.19. The summed E-state index contributed by atoms with van der Waals surface area (Å²) in [7, 11) is 1.49. The lowest BCUT2D eigenvalue weighted by atomic mass is 9.43. The number of aliphatic hydroxyl groups excluding tert-OH is 2. The lowest BCUT2D eigenvalue weighted by Gasteiger charge is -2.62. The molecule has 4 aliphatic rings. The van der Waals surface area contributed by atoms with E-state index in [0.29, 0.717) is 35.5 Å². The van der Waals surface area contributed by atoms with Gasteiger partial charge in [0.2, 0.25) is 0 Å².